The molecule has 0 atom stereocenters. The van der Waals surface area contributed by atoms with E-state index < -0.39 is 0 Å². The highest BCUT2D eigenvalue weighted by atomic mass is 15.3. The molecule has 2 N–H and O–H groups in total. The molecule has 4 rings (SSSR count). The van der Waals surface area contributed by atoms with Crippen LogP contribution in [0.1, 0.15) is 94.9 Å². The molecular formula is C25H46N6. The van der Waals surface area contributed by atoms with Gasteiger partial charge in [0, 0.05) is 24.2 Å². The number of hydrogen-bond donors (Lipinski definition) is 2. The second kappa shape index (κ2) is 8.08. The topological polar surface area (TPSA) is 66.0 Å². The van der Waals surface area contributed by atoms with Gasteiger partial charge in [0.05, 0.1) is 0 Å². The molecule has 1 aromatic heterocycles. The molecule has 1 aromatic rings. The summed E-state index contributed by atoms with van der Waals surface area (Å²) in [5.41, 5.74) is -0.222. The van der Waals surface area contributed by atoms with Gasteiger partial charge in [0.25, 0.3) is 0 Å². The summed E-state index contributed by atoms with van der Waals surface area (Å²) in [5.74, 6) is 3.66. The maximum absolute atomic E-state index is 4.94. The molecule has 176 valence electrons. The molecule has 3 heterocycles. The summed E-state index contributed by atoms with van der Waals surface area (Å²) in [6.45, 7) is 24.5. The van der Waals surface area contributed by atoms with Crippen LogP contribution < -0.4 is 15.5 Å². The van der Waals surface area contributed by atoms with Crippen LogP contribution in [0.2, 0.25) is 0 Å². The Morgan fingerprint density at radius 3 is 1.29 bits per heavy atom. The normalized spacial score (nSPS) is 23.0. The van der Waals surface area contributed by atoms with Crippen molar-refractivity contribution in [1.29, 1.82) is 0 Å². The molecule has 6 nitrogen and oxygen atoms in total. The molecule has 31 heavy (non-hydrogen) atoms. The molecule has 3 aliphatic rings. The Balaban J connectivity index is 1.97. The monoisotopic (exact) mass is 430 g/mol. The second-order valence-electron chi connectivity index (χ2n) is 13.1. The zero-order valence-electron chi connectivity index (χ0n) is 21.7. The molecule has 2 saturated heterocycles. The first-order chi connectivity index (χ1) is 14.1. The maximum atomic E-state index is 4.94. The van der Waals surface area contributed by atoms with Crippen LogP contribution in [0.25, 0.3) is 0 Å². The smallest absolute Gasteiger partial charge is 0.231 e. The Morgan fingerprint density at radius 2 is 0.968 bits per heavy atom. The molecule has 0 unspecified atom stereocenters. The molecule has 0 aromatic carbocycles. The molecule has 6 heteroatoms. The first kappa shape index (κ1) is 24.1. The molecule has 1 aliphatic carbocycles. The Labute approximate surface area is 190 Å². The number of nitrogens with one attached hydrogen (secondary N) is 2. The minimum Gasteiger partial charge on any atom is -0.349 e. The Kier molecular flexibility index (Phi) is 6.27. The largest absolute Gasteiger partial charge is 0.349 e. The van der Waals surface area contributed by atoms with Crippen molar-refractivity contribution in [3.8, 4) is 0 Å². The highest BCUT2D eigenvalue weighted by molar-refractivity contribution is 5.46. The standard InChI is InChI=1S/C25H46N6/c1-22(2,3)24(7,8)29-19-26-20(30-25(9,10)23(4,5)6)28-21(27-19)31-15-17-11-12-18(16-31)14-13-17/h17-18H,11-16H2,1-10H3,(H2,26,27,28,29,30). The minimum absolute atomic E-state index is 0.0553. The van der Waals surface area contributed by atoms with Crippen molar-refractivity contribution < 1.29 is 0 Å². The van der Waals surface area contributed by atoms with Crippen molar-refractivity contribution in [3.63, 3.8) is 0 Å². The summed E-state index contributed by atoms with van der Waals surface area (Å²) in [7, 11) is 0. The lowest BCUT2D eigenvalue weighted by molar-refractivity contribution is 0.251. The lowest BCUT2D eigenvalue weighted by atomic mass is 9.76. The third-order valence-electron chi connectivity index (χ3n) is 8.43. The van der Waals surface area contributed by atoms with E-state index in [1.807, 2.05) is 0 Å². The van der Waals surface area contributed by atoms with E-state index in [9.17, 15) is 0 Å². The van der Waals surface area contributed by atoms with Crippen molar-refractivity contribution in [2.75, 3.05) is 28.6 Å². The number of anilines is 3. The fourth-order valence-electron chi connectivity index (χ4n) is 4.01. The van der Waals surface area contributed by atoms with Crippen molar-refractivity contribution in [2.45, 2.75) is 106 Å². The Bertz CT molecular complexity index is 703. The molecule has 1 saturated carbocycles. The Hall–Kier alpha value is -1.59. The van der Waals surface area contributed by atoms with Crippen LogP contribution in [0.5, 0.6) is 0 Å². The zero-order valence-corrected chi connectivity index (χ0v) is 21.7. The Morgan fingerprint density at radius 1 is 0.613 bits per heavy atom. The van der Waals surface area contributed by atoms with Gasteiger partial charge in [0.15, 0.2) is 0 Å². The van der Waals surface area contributed by atoms with Gasteiger partial charge in [-0.05, 0) is 76.0 Å². The quantitative estimate of drug-likeness (QED) is 0.600. The van der Waals surface area contributed by atoms with Crippen molar-refractivity contribution >= 4 is 17.8 Å². The van der Waals surface area contributed by atoms with Crippen molar-refractivity contribution in [1.82, 2.24) is 15.0 Å². The van der Waals surface area contributed by atoms with E-state index in [-0.39, 0.29) is 21.9 Å². The van der Waals surface area contributed by atoms with Gasteiger partial charge in [-0.2, -0.15) is 15.0 Å². The predicted molar refractivity (Wildman–Crippen MR) is 132 cm³/mol. The van der Waals surface area contributed by atoms with E-state index in [2.05, 4.69) is 84.8 Å². The van der Waals surface area contributed by atoms with Crippen molar-refractivity contribution in [2.24, 2.45) is 22.7 Å². The van der Waals surface area contributed by atoms with Gasteiger partial charge in [-0.3, -0.25) is 0 Å². The van der Waals surface area contributed by atoms with Gasteiger partial charge in [-0.25, -0.2) is 0 Å². The summed E-state index contributed by atoms with van der Waals surface area (Å²) in [6, 6.07) is 0. The number of hydrogen-bond acceptors (Lipinski definition) is 6. The molecule has 2 aliphatic heterocycles. The van der Waals surface area contributed by atoms with E-state index in [1.54, 1.807) is 0 Å². The first-order valence-corrected chi connectivity index (χ1v) is 12.1. The number of aromatic nitrogens is 3. The van der Waals surface area contributed by atoms with Gasteiger partial charge in [-0.1, -0.05) is 41.5 Å². The van der Waals surface area contributed by atoms with E-state index in [0.717, 1.165) is 30.9 Å². The third-order valence-corrected chi connectivity index (χ3v) is 8.43. The third kappa shape index (κ3) is 5.43. The highest BCUT2D eigenvalue weighted by Gasteiger charge is 2.36. The summed E-state index contributed by atoms with van der Waals surface area (Å²) in [4.78, 5) is 17.1. The summed E-state index contributed by atoms with van der Waals surface area (Å²) in [6.07, 6.45) is 5.38. The number of fused-ring (bicyclic) bond motifs is 4. The summed E-state index contributed by atoms with van der Waals surface area (Å²) < 4.78 is 0. The van der Waals surface area contributed by atoms with Crippen LogP contribution in [0.3, 0.4) is 0 Å². The fraction of sp³-hybridized carbons (Fsp3) is 0.880. The molecule has 0 amide bonds. The average molecular weight is 431 g/mol. The summed E-state index contributed by atoms with van der Waals surface area (Å²) in [5, 5.41) is 7.25. The van der Waals surface area contributed by atoms with E-state index in [0.29, 0.717) is 11.9 Å². The van der Waals surface area contributed by atoms with Crippen LogP contribution in [0.15, 0.2) is 0 Å². The first-order valence-electron chi connectivity index (χ1n) is 12.1. The van der Waals surface area contributed by atoms with E-state index >= 15 is 0 Å². The van der Waals surface area contributed by atoms with Crippen molar-refractivity contribution in [3.05, 3.63) is 0 Å². The molecular weight excluding hydrogens is 384 g/mol. The molecule has 0 spiro atoms. The van der Waals surface area contributed by atoms with Crippen LogP contribution in [0.4, 0.5) is 17.8 Å². The van der Waals surface area contributed by atoms with Crippen LogP contribution in [-0.2, 0) is 0 Å². The average Bonchev–Trinajstić information content (AvgIpc) is 2.92. The second-order valence-corrected chi connectivity index (χ2v) is 13.1. The SMILES string of the molecule is CC(C)(C)C(C)(C)Nc1nc(NC(C)(C)C(C)(C)C)nc(N2CC3CCC(CC3)C2)n1. The van der Waals surface area contributed by atoms with Gasteiger partial charge in [0.2, 0.25) is 17.8 Å². The van der Waals surface area contributed by atoms with Crippen LogP contribution in [0, 0.1) is 22.7 Å². The fourth-order valence-corrected chi connectivity index (χ4v) is 4.01. The predicted octanol–water partition coefficient (Wildman–Crippen LogP) is 5.97. The van der Waals surface area contributed by atoms with Gasteiger partial charge < -0.3 is 15.5 Å². The number of rotatable bonds is 5. The van der Waals surface area contributed by atoms with Crippen LogP contribution >= 0.6 is 0 Å². The zero-order chi connectivity index (χ0) is 23.2. The summed E-state index contributed by atoms with van der Waals surface area (Å²) >= 11 is 0. The molecule has 3 fully saturated rings. The highest BCUT2D eigenvalue weighted by Crippen LogP contribution is 2.37. The number of nitrogens with zero attached hydrogens (tertiary/aromatic N) is 4. The molecule has 0 radical (unpaired) electrons. The van der Waals surface area contributed by atoms with E-state index in [4.69, 9.17) is 15.0 Å². The maximum Gasteiger partial charge on any atom is 0.231 e. The minimum atomic E-state index is -0.166. The van der Waals surface area contributed by atoms with Gasteiger partial charge in [-0.15, -0.1) is 0 Å². The van der Waals surface area contributed by atoms with Gasteiger partial charge >= 0.3 is 0 Å². The lowest BCUT2D eigenvalue weighted by Crippen LogP contribution is -2.46. The molecule has 2 bridgehead atoms. The van der Waals surface area contributed by atoms with E-state index in [1.165, 1.54) is 25.7 Å². The van der Waals surface area contributed by atoms with Gasteiger partial charge in [0.1, 0.15) is 0 Å². The van der Waals surface area contributed by atoms with Crippen LogP contribution in [-0.4, -0.2) is 39.1 Å². The lowest BCUT2D eigenvalue weighted by Gasteiger charge is -2.41.